The summed E-state index contributed by atoms with van der Waals surface area (Å²) >= 11 is 0. The van der Waals surface area contributed by atoms with Crippen LogP contribution in [0.2, 0.25) is 0 Å². The lowest BCUT2D eigenvalue weighted by molar-refractivity contribution is 0.00578. The molecule has 1 fully saturated rings. The molecule has 0 unspecified atom stereocenters. The molecule has 0 bridgehead atoms. The highest BCUT2D eigenvalue weighted by Crippen LogP contribution is 2.38. The van der Waals surface area contributed by atoms with Gasteiger partial charge in [0.05, 0.1) is 16.9 Å². The van der Waals surface area contributed by atoms with Gasteiger partial charge in [0.25, 0.3) is 0 Å². The van der Waals surface area contributed by atoms with Gasteiger partial charge < -0.3 is 13.7 Å². The molecule has 0 radical (unpaired) electrons. The Morgan fingerprint density at radius 2 is 1.27 bits per heavy atom. The lowest BCUT2D eigenvalue weighted by Gasteiger charge is -2.32. The average Bonchev–Trinajstić information content (AvgIpc) is 3.02. The van der Waals surface area contributed by atoms with E-state index >= 15 is 0 Å². The third-order valence-electron chi connectivity index (χ3n) is 6.68. The second-order valence-electron chi connectivity index (χ2n) is 9.60. The van der Waals surface area contributed by atoms with Crippen molar-refractivity contribution < 1.29 is 13.7 Å². The molecule has 4 nitrogen and oxygen atoms in total. The van der Waals surface area contributed by atoms with E-state index in [1.165, 1.54) is 5.56 Å². The van der Waals surface area contributed by atoms with Crippen molar-refractivity contribution in [2.45, 2.75) is 45.8 Å². The number of hydrogen-bond acceptors (Lipinski definition) is 4. The SMILES string of the molecule is Cc1ccc(N=c2oc(-c3ccccc3)c(B3OC(C)(C)C(C)(C)O3)c3ccccc23)cc1. The van der Waals surface area contributed by atoms with E-state index in [1.807, 2.05) is 60.7 Å². The molecule has 3 aromatic carbocycles. The first-order chi connectivity index (χ1) is 15.7. The number of hydrogen-bond donors (Lipinski definition) is 0. The highest BCUT2D eigenvalue weighted by Gasteiger charge is 2.53. The first-order valence-electron chi connectivity index (χ1n) is 11.3. The molecule has 1 aliphatic rings. The summed E-state index contributed by atoms with van der Waals surface area (Å²) in [7, 11) is -0.563. The van der Waals surface area contributed by atoms with Crippen LogP contribution in [0.4, 0.5) is 5.69 Å². The molecule has 4 aromatic rings. The van der Waals surface area contributed by atoms with Crippen molar-refractivity contribution in [2.75, 3.05) is 0 Å². The number of nitrogens with zero attached hydrogens (tertiary/aromatic N) is 1. The number of fused-ring (bicyclic) bond motifs is 1. The largest absolute Gasteiger partial charge is 0.499 e. The van der Waals surface area contributed by atoms with Gasteiger partial charge in [0, 0.05) is 16.4 Å². The van der Waals surface area contributed by atoms with Gasteiger partial charge in [0.2, 0.25) is 5.55 Å². The zero-order chi connectivity index (χ0) is 23.2. The van der Waals surface area contributed by atoms with Crippen LogP contribution in [0.3, 0.4) is 0 Å². The molecule has 0 saturated carbocycles. The smallest absolute Gasteiger partial charge is 0.438 e. The Kier molecular flexibility index (Phi) is 5.27. The fourth-order valence-electron chi connectivity index (χ4n) is 4.05. The van der Waals surface area contributed by atoms with E-state index in [1.54, 1.807) is 0 Å². The summed E-state index contributed by atoms with van der Waals surface area (Å²) in [6, 6.07) is 26.4. The minimum Gasteiger partial charge on any atom is -0.438 e. The average molecular weight is 437 g/mol. The van der Waals surface area contributed by atoms with Crippen molar-refractivity contribution in [3.8, 4) is 11.3 Å². The molecule has 166 valence electrons. The molecular formula is C28H28BNO3. The van der Waals surface area contributed by atoms with Gasteiger partial charge in [-0.05, 0) is 58.2 Å². The van der Waals surface area contributed by atoms with Crippen molar-refractivity contribution in [2.24, 2.45) is 4.99 Å². The van der Waals surface area contributed by atoms with E-state index in [2.05, 4.69) is 52.8 Å². The van der Waals surface area contributed by atoms with Crippen molar-refractivity contribution >= 4 is 29.0 Å². The van der Waals surface area contributed by atoms with Gasteiger partial charge in [-0.2, -0.15) is 0 Å². The van der Waals surface area contributed by atoms with Crippen LogP contribution in [0.25, 0.3) is 22.1 Å². The van der Waals surface area contributed by atoms with Crippen LogP contribution in [-0.2, 0) is 9.31 Å². The van der Waals surface area contributed by atoms with E-state index in [9.17, 15) is 0 Å². The van der Waals surface area contributed by atoms with Gasteiger partial charge in [-0.1, -0.05) is 66.2 Å². The first kappa shape index (κ1) is 21.7. The lowest BCUT2D eigenvalue weighted by Crippen LogP contribution is -2.41. The zero-order valence-corrected chi connectivity index (χ0v) is 19.8. The summed E-state index contributed by atoms with van der Waals surface area (Å²) in [6.07, 6.45) is 0. The Morgan fingerprint density at radius 3 is 1.91 bits per heavy atom. The summed E-state index contributed by atoms with van der Waals surface area (Å²) in [5.74, 6) is 0.707. The predicted molar refractivity (Wildman–Crippen MR) is 134 cm³/mol. The maximum absolute atomic E-state index is 6.56. The van der Waals surface area contributed by atoms with E-state index in [0.29, 0.717) is 11.3 Å². The molecule has 1 saturated heterocycles. The standard InChI is InChI=1S/C28H28BNO3/c1-19-15-17-21(18-16-19)30-26-23-14-10-9-13-22(23)24(25(31-26)20-11-7-6-8-12-20)29-32-27(2,3)28(4,5)33-29/h6-18H,1-5H3. The summed E-state index contributed by atoms with van der Waals surface area (Å²) in [5, 5.41) is 1.93. The highest BCUT2D eigenvalue weighted by molar-refractivity contribution is 6.66. The molecule has 0 amide bonds. The van der Waals surface area contributed by atoms with Crippen molar-refractivity contribution in [3.63, 3.8) is 0 Å². The van der Waals surface area contributed by atoms with Gasteiger partial charge in [-0.15, -0.1) is 0 Å². The predicted octanol–water partition coefficient (Wildman–Crippen LogP) is 5.94. The van der Waals surface area contributed by atoms with Crippen LogP contribution < -0.4 is 11.0 Å². The van der Waals surface area contributed by atoms with Gasteiger partial charge in [0.1, 0.15) is 5.76 Å². The third kappa shape index (κ3) is 3.92. The van der Waals surface area contributed by atoms with Gasteiger partial charge >= 0.3 is 7.12 Å². The molecule has 1 aliphatic heterocycles. The Bertz CT molecular complexity index is 1360. The van der Waals surface area contributed by atoms with E-state index < -0.39 is 18.3 Å². The van der Waals surface area contributed by atoms with Gasteiger partial charge in [-0.25, -0.2) is 4.99 Å². The molecule has 5 rings (SSSR count). The molecular weight excluding hydrogens is 409 g/mol. The van der Waals surface area contributed by atoms with E-state index in [4.69, 9.17) is 18.7 Å². The Hall–Kier alpha value is -3.15. The number of rotatable bonds is 3. The lowest BCUT2D eigenvalue weighted by atomic mass is 9.74. The highest BCUT2D eigenvalue weighted by atomic mass is 16.7. The minimum absolute atomic E-state index is 0.461. The Labute approximate surface area is 195 Å². The molecule has 1 aromatic heterocycles. The van der Waals surface area contributed by atoms with Crippen LogP contribution in [0.5, 0.6) is 0 Å². The van der Waals surface area contributed by atoms with Crippen LogP contribution in [0, 0.1) is 6.92 Å². The Balaban J connectivity index is 1.81. The van der Waals surface area contributed by atoms with Crippen molar-refractivity contribution in [3.05, 3.63) is 90.0 Å². The summed E-state index contributed by atoms with van der Waals surface area (Å²) < 4.78 is 19.5. The van der Waals surface area contributed by atoms with Gasteiger partial charge in [-0.3, -0.25) is 0 Å². The van der Waals surface area contributed by atoms with Crippen LogP contribution in [-0.4, -0.2) is 18.3 Å². The molecule has 0 aliphatic carbocycles. The van der Waals surface area contributed by atoms with E-state index in [-0.39, 0.29) is 0 Å². The van der Waals surface area contributed by atoms with E-state index in [0.717, 1.165) is 27.5 Å². The van der Waals surface area contributed by atoms with Crippen molar-refractivity contribution in [1.82, 2.24) is 0 Å². The first-order valence-corrected chi connectivity index (χ1v) is 11.3. The number of aryl methyl sites for hydroxylation is 1. The summed E-state index contributed by atoms with van der Waals surface area (Å²) in [4.78, 5) is 4.87. The fourth-order valence-corrected chi connectivity index (χ4v) is 4.05. The zero-order valence-electron chi connectivity index (χ0n) is 19.8. The quantitative estimate of drug-likeness (QED) is 0.373. The second kappa shape index (κ2) is 8.01. The molecule has 0 spiro atoms. The fraction of sp³-hybridized carbons (Fsp3) is 0.250. The monoisotopic (exact) mass is 437 g/mol. The molecule has 0 N–H and O–H groups in total. The summed E-state index contributed by atoms with van der Waals surface area (Å²) in [5.41, 5.74) is 3.52. The summed E-state index contributed by atoms with van der Waals surface area (Å²) in [6.45, 7) is 10.3. The maximum atomic E-state index is 6.56. The van der Waals surface area contributed by atoms with Crippen LogP contribution in [0.15, 0.2) is 88.3 Å². The van der Waals surface area contributed by atoms with Crippen molar-refractivity contribution in [1.29, 1.82) is 0 Å². The van der Waals surface area contributed by atoms with Crippen LogP contribution >= 0.6 is 0 Å². The molecule has 2 heterocycles. The molecule has 33 heavy (non-hydrogen) atoms. The molecule has 5 heteroatoms. The second-order valence-corrected chi connectivity index (χ2v) is 9.60. The van der Waals surface area contributed by atoms with Crippen LogP contribution in [0.1, 0.15) is 33.3 Å². The van der Waals surface area contributed by atoms with Gasteiger partial charge in [0.15, 0.2) is 0 Å². The maximum Gasteiger partial charge on any atom is 0.499 e. The normalized spacial score (nSPS) is 17.6. The minimum atomic E-state index is -0.563. The Morgan fingerprint density at radius 1 is 0.697 bits per heavy atom. The third-order valence-corrected chi connectivity index (χ3v) is 6.68. The molecule has 0 atom stereocenters. The number of benzene rings is 3. The topological polar surface area (TPSA) is 44.0 Å².